The SMILES string of the molecule is NS(=O)(=O)c1ccccc1S(=O)(=O)NCCC1CCCO1. The fourth-order valence-electron chi connectivity index (χ4n) is 2.21. The van der Waals surface area contributed by atoms with Crippen LogP contribution in [0.15, 0.2) is 34.1 Å². The molecule has 0 aromatic heterocycles. The van der Waals surface area contributed by atoms with Gasteiger partial charge in [0.05, 0.1) is 6.10 Å². The lowest BCUT2D eigenvalue weighted by Crippen LogP contribution is -2.29. The molecular weight excluding hydrogens is 316 g/mol. The molecule has 1 aliphatic rings. The van der Waals surface area contributed by atoms with Gasteiger partial charge in [-0.1, -0.05) is 12.1 Å². The number of hydrogen-bond donors (Lipinski definition) is 2. The normalized spacial score (nSPS) is 19.8. The van der Waals surface area contributed by atoms with Gasteiger partial charge in [-0.05, 0) is 31.4 Å². The van der Waals surface area contributed by atoms with Crippen molar-refractivity contribution in [3.63, 3.8) is 0 Å². The van der Waals surface area contributed by atoms with Gasteiger partial charge in [0.1, 0.15) is 9.79 Å². The summed E-state index contributed by atoms with van der Waals surface area (Å²) in [6.45, 7) is 0.887. The van der Waals surface area contributed by atoms with Crippen molar-refractivity contribution in [3.8, 4) is 0 Å². The van der Waals surface area contributed by atoms with Gasteiger partial charge in [-0.2, -0.15) is 0 Å². The maximum absolute atomic E-state index is 12.2. The van der Waals surface area contributed by atoms with E-state index in [1.165, 1.54) is 24.3 Å². The molecule has 1 atom stereocenters. The Morgan fingerprint density at radius 3 is 2.43 bits per heavy atom. The zero-order chi connectivity index (χ0) is 15.5. The van der Waals surface area contributed by atoms with Crippen LogP contribution in [-0.4, -0.2) is 36.1 Å². The van der Waals surface area contributed by atoms with Crippen molar-refractivity contribution in [3.05, 3.63) is 24.3 Å². The summed E-state index contributed by atoms with van der Waals surface area (Å²) in [6.07, 6.45) is 2.50. The molecule has 0 aliphatic carbocycles. The number of ether oxygens (including phenoxy) is 1. The molecule has 0 amide bonds. The molecular formula is C12H18N2O5S2. The highest BCUT2D eigenvalue weighted by Gasteiger charge is 2.24. The molecule has 1 aromatic rings. The second kappa shape index (κ2) is 6.41. The molecule has 0 bridgehead atoms. The van der Waals surface area contributed by atoms with E-state index < -0.39 is 24.9 Å². The van der Waals surface area contributed by atoms with E-state index in [0.29, 0.717) is 13.0 Å². The van der Waals surface area contributed by atoms with Crippen LogP contribution in [0.1, 0.15) is 19.3 Å². The highest BCUT2D eigenvalue weighted by atomic mass is 32.2. The summed E-state index contributed by atoms with van der Waals surface area (Å²) in [5, 5.41) is 5.04. The van der Waals surface area contributed by atoms with Gasteiger partial charge in [-0.25, -0.2) is 26.7 Å². The predicted molar refractivity (Wildman–Crippen MR) is 76.6 cm³/mol. The smallest absolute Gasteiger partial charge is 0.241 e. The van der Waals surface area contributed by atoms with Crippen LogP contribution in [0, 0.1) is 0 Å². The second-order valence-corrected chi connectivity index (χ2v) is 8.08. The zero-order valence-corrected chi connectivity index (χ0v) is 13.0. The Morgan fingerprint density at radius 1 is 1.19 bits per heavy atom. The zero-order valence-electron chi connectivity index (χ0n) is 11.4. The molecule has 1 unspecified atom stereocenters. The Bertz CT molecular complexity index is 694. The van der Waals surface area contributed by atoms with Crippen molar-refractivity contribution < 1.29 is 21.6 Å². The molecule has 1 fully saturated rings. The van der Waals surface area contributed by atoms with E-state index in [0.717, 1.165) is 12.8 Å². The van der Waals surface area contributed by atoms with Gasteiger partial charge in [0.15, 0.2) is 0 Å². The first kappa shape index (κ1) is 16.4. The lowest BCUT2D eigenvalue weighted by Gasteiger charge is -2.12. The molecule has 1 aromatic carbocycles. The molecule has 0 spiro atoms. The standard InChI is InChI=1S/C12H18N2O5S2/c13-20(15,16)11-5-1-2-6-12(11)21(17,18)14-8-7-10-4-3-9-19-10/h1-2,5-6,10,14H,3-4,7-9H2,(H2,13,15,16). The summed E-state index contributed by atoms with van der Waals surface area (Å²) in [7, 11) is -8.03. The van der Waals surface area contributed by atoms with Gasteiger partial charge in [-0.15, -0.1) is 0 Å². The first-order chi connectivity index (χ1) is 9.81. The quantitative estimate of drug-likeness (QED) is 0.770. The van der Waals surface area contributed by atoms with Crippen LogP contribution < -0.4 is 9.86 Å². The molecule has 3 N–H and O–H groups in total. The van der Waals surface area contributed by atoms with E-state index >= 15 is 0 Å². The topological polar surface area (TPSA) is 116 Å². The Hall–Kier alpha value is -1.00. The van der Waals surface area contributed by atoms with E-state index in [-0.39, 0.29) is 17.5 Å². The van der Waals surface area contributed by atoms with Gasteiger partial charge in [0.2, 0.25) is 20.0 Å². The number of primary sulfonamides is 1. The fraction of sp³-hybridized carbons (Fsp3) is 0.500. The van der Waals surface area contributed by atoms with Crippen LogP contribution in [0.4, 0.5) is 0 Å². The van der Waals surface area contributed by atoms with Gasteiger partial charge in [0.25, 0.3) is 0 Å². The molecule has 21 heavy (non-hydrogen) atoms. The van der Waals surface area contributed by atoms with Crippen LogP contribution in [0.25, 0.3) is 0 Å². The van der Waals surface area contributed by atoms with E-state index in [1.807, 2.05) is 0 Å². The van der Waals surface area contributed by atoms with Crippen molar-refractivity contribution in [1.29, 1.82) is 0 Å². The van der Waals surface area contributed by atoms with Gasteiger partial charge in [-0.3, -0.25) is 0 Å². The summed E-state index contributed by atoms with van der Waals surface area (Å²) in [5.74, 6) is 0. The van der Waals surface area contributed by atoms with Crippen molar-refractivity contribution in [1.82, 2.24) is 4.72 Å². The second-order valence-electron chi connectivity index (χ2n) is 4.81. The minimum absolute atomic E-state index is 0.0567. The molecule has 1 heterocycles. The highest BCUT2D eigenvalue weighted by molar-refractivity contribution is 7.92. The molecule has 1 aliphatic heterocycles. The minimum atomic E-state index is -4.10. The summed E-state index contributed by atoms with van der Waals surface area (Å²) in [6, 6.07) is 5.26. The fourth-order valence-corrected chi connectivity index (χ4v) is 4.64. The molecule has 0 saturated carbocycles. The summed E-state index contributed by atoms with van der Waals surface area (Å²) in [4.78, 5) is -0.741. The summed E-state index contributed by atoms with van der Waals surface area (Å²) < 4.78 is 55.1. The van der Waals surface area contributed by atoms with E-state index in [2.05, 4.69) is 4.72 Å². The minimum Gasteiger partial charge on any atom is -0.378 e. The maximum Gasteiger partial charge on any atom is 0.241 e. The maximum atomic E-state index is 12.2. The molecule has 2 rings (SSSR count). The van der Waals surface area contributed by atoms with Crippen molar-refractivity contribution in [2.24, 2.45) is 5.14 Å². The molecule has 1 saturated heterocycles. The number of benzene rings is 1. The summed E-state index contributed by atoms with van der Waals surface area (Å²) in [5.41, 5.74) is 0. The monoisotopic (exact) mass is 334 g/mol. The Balaban J connectivity index is 2.12. The van der Waals surface area contributed by atoms with E-state index in [4.69, 9.17) is 9.88 Å². The third-order valence-corrected chi connectivity index (χ3v) is 5.85. The third kappa shape index (κ3) is 4.24. The Morgan fingerprint density at radius 2 is 1.86 bits per heavy atom. The average molecular weight is 334 g/mol. The van der Waals surface area contributed by atoms with Gasteiger partial charge >= 0.3 is 0 Å². The lowest BCUT2D eigenvalue weighted by molar-refractivity contribution is 0.105. The number of rotatable bonds is 6. The van der Waals surface area contributed by atoms with Crippen molar-refractivity contribution in [2.75, 3.05) is 13.2 Å². The van der Waals surface area contributed by atoms with E-state index in [9.17, 15) is 16.8 Å². The number of nitrogens with one attached hydrogen (secondary N) is 1. The van der Waals surface area contributed by atoms with Gasteiger partial charge < -0.3 is 4.74 Å². The molecule has 7 nitrogen and oxygen atoms in total. The van der Waals surface area contributed by atoms with Crippen LogP contribution >= 0.6 is 0 Å². The average Bonchev–Trinajstić information content (AvgIpc) is 2.91. The predicted octanol–water partition coefficient (Wildman–Crippen LogP) is 0.181. The van der Waals surface area contributed by atoms with Crippen LogP contribution in [0.2, 0.25) is 0 Å². The number of nitrogens with two attached hydrogens (primary N) is 1. The largest absolute Gasteiger partial charge is 0.378 e. The van der Waals surface area contributed by atoms with Crippen LogP contribution in [-0.2, 0) is 24.8 Å². The number of sulfonamides is 2. The highest BCUT2D eigenvalue weighted by Crippen LogP contribution is 2.19. The van der Waals surface area contributed by atoms with Crippen LogP contribution in [0.5, 0.6) is 0 Å². The third-order valence-electron chi connectivity index (χ3n) is 3.23. The van der Waals surface area contributed by atoms with Crippen molar-refractivity contribution >= 4 is 20.0 Å². The Kier molecular flexibility index (Phi) is 4.99. The molecule has 9 heteroatoms. The lowest BCUT2D eigenvalue weighted by atomic mass is 10.2. The summed E-state index contributed by atoms with van der Waals surface area (Å²) >= 11 is 0. The molecule has 0 radical (unpaired) electrons. The van der Waals surface area contributed by atoms with Crippen molar-refractivity contribution in [2.45, 2.75) is 35.2 Å². The van der Waals surface area contributed by atoms with Gasteiger partial charge in [0, 0.05) is 13.2 Å². The molecule has 118 valence electrons. The van der Waals surface area contributed by atoms with Crippen LogP contribution in [0.3, 0.4) is 0 Å². The number of hydrogen-bond acceptors (Lipinski definition) is 5. The van der Waals surface area contributed by atoms with E-state index in [1.54, 1.807) is 0 Å². The first-order valence-electron chi connectivity index (χ1n) is 6.54. The first-order valence-corrected chi connectivity index (χ1v) is 9.57. The Labute approximate surface area is 124 Å².